The average Bonchev–Trinajstić information content (AvgIpc) is 3.19. The summed E-state index contributed by atoms with van der Waals surface area (Å²) in [5.41, 5.74) is 4.20. The average molecular weight is 351 g/mol. The number of benzene rings is 1. The van der Waals surface area contributed by atoms with Gasteiger partial charge in [-0.05, 0) is 26.3 Å². The molecule has 4 aromatic rings. The molecule has 0 unspecified atom stereocenters. The Hall–Kier alpha value is -2.73. The number of hydrogen-bond acceptors (Lipinski definition) is 6. The fraction of sp³-hybridized carbons (Fsp3) is 0.211. The van der Waals surface area contributed by atoms with Crippen molar-refractivity contribution >= 4 is 21.6 Å². The van der Waals surface area contributed by atoms with Gasteiger partial charge in [0.25, 0.3) is 0 Å². The minimum absolute atomic E-state index is 0.277. The lowest BCUT2D eigenvalue weighted by molar-refractivity contribution is 0.244. The van der Waals surface area contributed by atoms with Gasteiger partial charge in [-0.1, -0.05) is 35.0 Å². The minimum Gasteiger partial charge on any atom is -0.469 e. The van der Waals surface area contributed by atoms with Crippen LogP contribution in [0.3, 0.4) is 0 Å². The van der Waals surface area contributed by atoms with Crippen LogP contribution >= 0.6 is 11.3 Å². The summed E-state index contributed by atoms with van der Waals surface area (Å²) in [6.07, 6.45) is 1.53. The quantitative estimate of drug-likeness (QED) is 0.526. The summed E-state index contributed by atoms with van der Waals surface area (Å²) in [5, 5.41) is 5.10. The van der Waals surface area contributed by atoms with Crippen molar-refractivity contribution in [3.8, 4) is 17.1 Å². The van der Waals surface area contributed by atoms with E-state index in [9.17, 15) is 0 Å². The van der Waals surface area contributed by atoms with Crippen LogP contribution in [0.15, 0.2) is 41.2 Å². The number of fused-ring (bicyclic) bond motifs is 1. The monoisotopic (exact) mass is 351 g/mol. The molecule has 3 aromatic heterocycles. The number of ether oxygens (including phenoxy) is 1. The van der Waals surface area contributed by atoms with E-state index < -0.39 is 0 Å². The fourth-order valence-corrected chi connectivity index (χ4v) is 3.63. The second kappa shape index (κ2) is 6.29. The second-order valence-corrected chi connectivity index (χ2v) is 7.18. The highest BCUT2D eigenvalue weighted by Crippen LogP contribution is 2.34. The van der Waals surface area contributed by atoms with E-state index in [2.05, 4.69) is 48.0 Å². The molecule has 0 amide bonds. The van der Waals surface area contributed by atoms with E-state index in [-0.39, 0.29) is 6.61 Å². The summed E-state index contributed by atoms with van der Waals surface area (Å²) >= 11 is 1.65. The van der Waals surface area contributed by atoms with Gasteiger partial charge >= 0.3 is 0 Å². The number of aryl methyl sites for hydroxylation is 3. The molecule has 25 heavy (non-hydrogen) atoms. The first kappa shape index (κ1) is 15.8. The molecule has 0 atom stereocenters. The minimum atomic E-state index is 0.277. The smallest absolute Gasteiger partial charge is 0.226 e. The van der Waals surface area contributed by atoms with Gasteiger partial charge in [-0.3, -0.25) is 0 Å². The number of nitrogens with zero attached hydrogens (tertiary/aromatic N) is 3. The van der Waals surface area contributed by atoms with Crippen molar-refractivity contribution < 1.29 is 9.26 Å². The van der Waals surface area contributed by atoms with Crippen LogP contribution in [0.1, 0.15) is 21.8 Å². The van der Waals surface area contributed by atoms with Gasteiger partial charge < -0.3 is 9.26 Å². The van der Waals surface area contributed by atoms with Crippen molar-refractivity contribution in [3.63, 3.8) is 0 Å². The van der Waals surface area contributed by atoms with E-state index in [1.165, 1.54) is 16.8 Å². The first-order chi connectivity index (χ1) is 12.1. The number of hydrogen-bond donors (Lipinski definition) is 0. The van der Waals surface area contributed by atoms with Crippen LogP contribution in [-0.2, 0) is 6.61 Å². The molecule has 1 aromatic carbocycles. The fourth-order valence-electron chi connectivity index (χ4n) is 2.64. The van der Waals surface area contributed by atoms with Crippen LogP contribution < -0.4 is 4.74 Å². The Morgan fingerprint density at radius 3 is 2.68 bits per heavy atom. The normalized spacial score (nSPS) is 11.2. The van der Waals surface area contributed by atoms with E-state index >= 15 is 0 Å². The summed E-state index contributed by atoms with van der Waals surface area (Å²) in [7, 11) is 0. The molecule has 4 rings (SSSR count). The summed E-state index contributed by atoms with van der Waals surface area (Å²) in [6, 6.07) is 10.1. The maximum Gasteiger partial charge on any atom is 0.226 e. The summed E-state index contributed by atoms with van der Waals surface area (Å²) in [6.45, 7) is 6.48. The van der Waals surface area contributed by atoms with Gasteiger partial charge in [0.15, 0.2) is 12.4 Å². The third-order valence-electron chi connectivity index (χ3n) is 4.19. The molecule has 5 nitrogen and oxygen atoms in total. The Labute approximate surface area is 149 Å². The van der Waals surface area contributed by atoms with Crippen molar-refractivity contribution in [2.75, 3.05) is 0 Å². The molecule has 0 spiro atoms. The predicted molar refractivity (Wildman–Crippen MR) is 97.9 cm³/mol. The highest BCUT2D eigenvalue weighted by Gasteiger charge is 2.14. The zero-order valence-corrected chi connectivity index (χ0v) is 15.1. The lowest BCUT2D eigenvalue weighted by atomic mass is 10.1. The zero-order valence-electron chi connectivity index (χ0n) is 14.2. The van der Waals surface area contributed by atoms with Gasteiger partial charge in [-0.2, -0.15) is 0 Å². The van der Waals surface area contributed by atoms with Crippen LogP contribution in [0, 0.1) is 20.8 Å². The maximum atomic E-state index is 5.89. The van der Waals surface area contributed by atoms with Gasteiger partial charge in [0.2, 0.25) is 5.88 Å². The molecule has 0 aliphatic rings. The molecule has 0 fully saturated rings. The van der Waals surface area contributed by atoms with Crippen LogP contribution in [0.25, 0.3) is 21.5 Å². The predicted octanol–water partition coefficient (Wildman–Crippen LogP) is 4.85. The Balaban J connectivity index is 1.55. The summed E-state index contributed by atoms with van der Waals surface area (Å²) in [5.74, 6) is 1.24. The van der Waals surface area contributed by atoms with Crippen LogP contribution in [-0.4, -0.2) is 15.1 Å². The molecule has 3 heterocycles. The first-order valence-electron chi connectivity index (χ1n) is 7.98. The molecular formula is C19H17N3O2S. The zero-order chi connectivity index (χ0) is 17.4. The lowest BCUT2D eigenvalue weighted by Gasteiger charge is -2.04. The van der Waals surface area contributed by atoms with E-state index in [0.29, 0.717) is 11.6 Å². The van der Waals surface area contributed by atoms with Gasteiger partial charge in [0, 0.05) is 16.5 Å². The number of aromatic nitrogens is 3. The highest BCUT2D eigenvalue weighted by molar-refractivity contribution is 7.18. The first-order valence-corrected chi connectivity index (χ1v) is 8.79. The molecule has 0 aliphatic carbocycles. The van der Waals surface area contributed by atoms with E-state index in [1.807, 2.05) is 18.2 Å². The third kappa shape index (κ3) is 3.00. The lowest BCUT2D eigenvalue weighted by Crippen LogP contribution is -1.97. The Bertz CT molecular complexity index is 1030. The van der Waals surface area contributed by atoms with Crippen molar-refractivity contribution in [2.24, 2.45) is 0 Å². The van der Waals surface area contributed by atoms with Crippen LogP contribution in [0.5, 0.6) is 5.88 Å². The second-order valence-electron chi connectivity index (χ2n) is 5.98. The van der Waals surface area contributed by atoms with Gasteiger partial charge in [-0.25, -0.2) is 9.97 Å². The number of rotatable bonds is 4. The van der Waals surface area contributed by atoms with Gasteiger partial charge in [0.05, 0.1) is 5.39 Å². The van der Waals surface area contributed by atoms with E-state index in [1.54, 1.807) is 11.3 Å². The van der Waals surface area contributed by atoms with Crippen LogP contribution in [0.4, 0.5) is 0 Å². The van der Waals surface area contributed by atoms with Crippen molar-refractivity contribution in [3.05, 3.63) is 58.4 Å². The largest absolute Gasteiger partial charge is 0.469 e. The molecular weight excluding hydrogens is 334 g/mol. The molecule has 6 heteroatoms. The van der Waals surface area contributed by atoms with Crippen molar-refractivity contribution in [1.82, 2.24) is 15.1 Å². The van der Waals surface area contributed by atoms with Gasteiger partial charge in [-0.15, -0.1) is 11.3 Å². The SMILES string of the molecule is Cc1ccc(-c2cc(COc3ncnc4sc(C)c(C)c34)on2)cc1. The molecule has 0 saturated heterocycles. The highest BCUT2D eigenvalue weighted by atomic mass is 32.1. The molecule has 0 radical (unpaired) electrons. The Morgan fingerprint density at radius 2 is 1.88 bits per heavy atom. The number of thiophene rings is 1. The van der Waals surface area contributed by atoms with Crippen molar-refractivity contribution in [1.29, 1.82) is 0 Å². The van der Waals surface area contributed by atoms with E-state index in [0.717, 1.165) is 27.0 Å². The third-order valence-corrected chi connectivity index (χ3v) is 5.30. The maximum absolute atomic E-state index is 5.89. The molecule has 0 N–H and O–H groups in total. The standard InChI is InChI=1S/C19H17N3O2S/c1-11-4-6-14(7-5-11)16-8-15(24-22-16)9-23-18-17-12(2)13(3)25-19(17)21-10-20-18/h4-8,10H,9H2,1-3H3. The molecule has 0 aliphatic heterocycles. The Morgan fingerprint density at radius 1 is 1.08 bits per heavy atom. The summed E-state index contributed by atoms with van der Waals surface area (Å²) < 4.78 is 11.3. The van der Waals surface area contributed by atoms with E-state index in [4.69, 9.17) is 9.26 Å². The Kier molecular flexibility index (Phi) is 3.97. The van der Waals surface area contributed by atoms with Crippen molar-refractivity contribution in [2.45, 2.75) is 27.4 Å². The topological polar surface area (TPSA) is 61.0 Å². The summed E-state index contributed by atoms with van der Waals surface area (Å²) in [4.78, 5) is 10.8. The van der Waals surface area contributed by atoms with Gasteiger partial charge in [0.1, 0.15) is 16.9 Å². The molecule has 126 valence electrons. The van der Waals surface area contributed by atoms with Crippen LogP contribution in [0.2, 0.25) is 0 Å². The molecule has 0 saturated carbocycles. The molecule has 0 bridgehead atoms.